The summed E-state index contributed by atoms with van der Waals surface area (Å²) < 4.78 is 5.23. The fourth-order valence-electron chi connectivity index (χ4n) is 2.38. The van der Waals surface area contributed by atoms with Gasteiger partial charge in [-0.2, -0.15) is 0 Å². The van der Waals surface area contributed by atoms with E-state index in [1.54, 1.807) is 13.2 Å². The van der Waals surface area contributed by atoms with Crippen LogP contribution in [0.5, 0.6) is 5.75 Å². The second-order valence-corrected chi connectivity index (χ2v) is 5.05. The lowest BCUT2D eigenvalue weighted by Crippen LogP contribution is -1.95. The van der Waals surface area contributed by atoms with Crippen LogP contribution in [0, 0.1) is 0 Å². The normalized spacial score (nSPS) is 10.8. The summed E-state index contributed by atoms with van der Waals surface area (Å²) in [4.78, 5) is 19.6. The van der Waals surface area contributed by atoms with Crippen molar-refractivity contribution in [3.63, 3.8) is 0 Å². The van der Waals surface area contributed by atoms with E-state index in [9.17, 15) is 4.79 Å². The molecule has 5 nitrogen and oxygen atoms in total. The Labute approximate surface area is 128 Å². The van der Waals surface area contributed by atoms with E-state index < -0.39 is 0 Å². The Kier molecular flexibility index (Phi) is 3.55. The number of anilines is 1. The van der Waals surface area contributed by atoms with Crippen LogP contribution < -0.4 is 10.5 Å². The SMILES string of the molecule is CCC(=O)c1ccc2[nH]c(-c3ccc(N)c(OC)c3)nc2c1. The Balaban J connectivity index is 2.06. The average molecular weight is 295 g/mol. The lowest BCUT2D eigenvalue weighted by atomic mass is 10.1. The third-order valence-corrected chi connectivity index (χ3v) is 3.63. The number of imidazole rings is 1. The number of aromatic nitrogens is 2. The number of carbonyl (C=O) groups excluding carboxylic acids is 1. The van der Waals surface area contributed by atoms with Crippen LogP contribution in [0.15, 0.2) is 36.4 Å². The molecule has 0 spiro atoms. The molecule has 5 heteroatoms. The zero-order valence-electron chi connectivity index (χ0n) is 12.5. The number of fused-ring (bicyclic) bond motifs is 1. The molecule has 22 heavy (non-hydrogen) atoms. The van der Waals surface area contributed by atoms with E-state index in [0.29, 0.717) is 23.4 Å². The number of nitrogens with zero attached hydrogens (tertiary/aromatic N) is 1. The number of Topliss-reactive ketones (excluding diaryl/α,β-unsaturated/α-hetero) is 1. The van der Waals surface area contributed by atoms with Gasteiger partial charge in [0.2, 0.25) is 0 Å². The number of ether oxygens (including phenoxy) is 1. The van der Waals surface area contributed by atoms with Crippen LogP contribution in [-0.4, -0.2) is 22.9 Å². The van der Waals surface area contributed by atoms with Gasteiger partial charge in [-0.3, -0.25) is 4.79 Å². The smallest absolute Gasteiger partial charge is 0.162 e. The number of carbonyl (C=O) groups is 1. The molecule has 0 saturated heterocycles. The number of benzene rings is 2. The highest BCUT2D eigenvalue weighted by Crippen LogP contribution is 2.28. The first-order valence-corrected chi connectivity index (χ1v) is 7.09. The maximum Gasteiger partial charge on any atom is 0.162 e. The molecule has 0 saturated carbocycles. The summed E-state index contributed by atoms with van der Waals surface area (Å²) in [6, 6.07) is 11.0. The van der Waals surface area contributed by atoms with Crippen molar-refractivity contribution in [3.8, 4) is 17.1 Å². The van der Waals surface area contributed by atoms with Crippen LogP contribution >= 0.6 is 0 Å². The second-order valence-electron chi connectivity index (χ2n) is 5.05. The van der Waals surface area contributed by atoms with E-state index in [1.165, 1.54) is 0 Å². The second kappa shape index (κ2) is 5.52. The molecule has 0 fully saturated rings. The summed E-state index contributed by atoms with van der Waals surface area (Å²) in [5, 5.41) is 0. The van der Waals surface area contributed by atoms with Crippen molar-refractivity contribution in [3.05, 3.63) is 42.0 Å². The van der Waals surface area contributed by atoms with Gasteiger partial charge in [0.25, 0.3) is 0 Å². The van der Waals surface area contributed by atoms with Gasteiger partial charge < -0.3 is 15.5 Å². The van der Waals surface area contributed by atoms with E-state index in [2.05, 4.69) is 9.97 Å². The number of aromatic amines is 1. The molecule has 0 aliphatic heterocycles. The van der Waals surface area contributed by atoms with E-state index >= 15 is 0 Å². The number of H-pyrrole nitrogens is 1. The molecule has 0 bridgehead atoms. The van der Waals surface area contributed by atoms with Gasteiger partial charge in [0, 0.05) is 17.5 Å². The predicted molar refractivity (Wildman–Crippen MR) is 87.1 cm³/mol. The number of ketones is 1. The lowest BCUT2D eigenvalue weighted by Gasteiger charge is -2.05. The van der Waals surface area contributed by atoms with Gasteiger partial charge in [-0.05, 0) is 36.4 Å². The van der Waals surface area contributed by atoms with Crippen molar-refractivity contribution < 1.29 is 9.53 Å². The fourth-order valence-corrected chi connectivity index (χ4v) is 2.38. The molecule has 0 unspecified atom stereocenters. The molecule has 0 radical (unpaired) electrons. The molecular weight excluding hydrogens is 278 g/mol. The molecule has 0 atom stereocenters. The van der Waals surface area contributed by atoms with Gasteiger partial charge in [0.05, 0.1) is 23.8 Å². The Bertz CT molecular complexity index is 852. The molecule has 1 aromatic heterocycles. The van der Waals surface area contributed by atoms with Gasteiger partial charge in [0.15, 0.2) is 5.78 Å². The summed E-state index contributed by atoms with van der Waals surface area (Å²) >= 11 is 0. The van der Waals surface area contributed by atoms with Crippen molar-refractivity contribution >= 4 is 22.5 Å². The number of nitrogens with one attached hydrogen (secondary N) is 1. The van der Waals surface area contributed by atoms with Crippen LogP contribution in [0.25, 0.3) is 22.4 Å². The molecule has 1 heterocycles. The number of nitrogens with two attached hydrogens (primary N) is 1. The first-order chi connectivity index (χ1) is 10.6. The molecule has 0 aliphatic rings. The van der Waals surface area contributed by atoms with Gasteiger partial charge in [-0.25, -0.2) is 4.98 Å². The Hall–Kier alpha value is -2.82. The van der Waals surface area contributed by atoms with Gasteiger partial charge >= 0.3 is 0 Å². The highest BCUT2D eigenvalue weighted by Gasteiger charge is 2.10. The number of rotatable bonds is 4. The maximum absolute atomic E-state index is 11.8. The van der Waals surface area contributed by atoms with Crippen molar-refractivity contribution in [1.29, 1.82) is 0 Å². The Morgan fingerprint density at radius 1 is 1.27 bits per heavy atom. The number of nitrogen functional groups attached to an aromatic ring is 1. The zero-order chi connectivity index (χ0) is 15.7. The largest absolute Gasteiger partial charge is 0.495 e. The monoisotopic (exact) mass is 295 g/mol. The van der Waals surface area contributed by atoms with Crippen molar-refractivity contribution in [2.45, 2.75) is 13.3 Å². The van der Waals surface area contributed by atoms with Crippen LogP contribution in [-0.2, 0) is 0 Å². The predicted octanol–water partition coefficient (Wildman–Crippen LogP) is 3.41. The van der Waals surface area contributed by atoms with Crippen molar-refractivity contribution in [2.75, 3.05) is 12.8 Å². The summed E-state index contributed by atoms with van der Waals surface area (Å²) in [5.74, 6) is 1.44. The van der Waals surface area contributed by atoms with Gasteiger partial charge in [-0.15, -0.1) is 0 Å². The van der Waals surface area contributed by atoms with Gasteiger partial charge in [-0.1, -0.05) is 6.92 Å². The molecule has 2 aromatic carbocycles. The van der Waals surface area contributed by atoms with Gasteiger partial charge in [0.1, 0.15) is 11.6 Å². The highest BCUT2D eigenvalue weighted by molar-refractivity contribution is 5.99. The number of hydrogen-bond acceptors (Lipinski definition) is 4. The molecular formula is C17H17N3O2. The molecule has 112 valence electrons. The molecule has 3 N–H and O–H groups in total. The minimum Gasteiger partial charge on any atom is -0.495 e. The van der Waals surface area contributed by atoms with Crippen LogP contribution in [0.2, 0.25) is 0 Å². The van der Waals surface area contributed by atoms with Crippen LogP contribution in [0.3, 0.4) is 0 Å². The standard InChI is InChI=1S/C17H17N3O2/c1-3-15(21)10-5-7-13-14(8-10)20-17(19-13)11-4-6-12(18)16(9-11)22-2/h4-9H,3,18H2,1-2H3,(H,19,20). The lowest BCUT2D eigenvalue weighted by molar-refractivity contribution is 0.0988. The maximum atomic E-state index is 11.8. The number of methoxy groups -OCH3 is 1. The van der Waals surface area contributed by atoms with E-state index in [4.69, 9.17) is 10.5 Å². The molecule has 3 aromatic rings. The minimum atomic E-state index is 0.112. The van der Waals surface area contributed by atoms with Crippen LogP contribution in [0.4, 0.5) is 5.69 Å². The molecule has 0 aliphatic carbocycles. The highest BCUT2D eigenvalue weighted by atomic mass is 16.5. The topological polar surface area (TPSA) is 81.0 Å². The third-order valence-electron chi connectivity index (χ3n) is 3.63. The summed E-state index contributed by atoms with van der Waals surface area (Å²) in [6.07, 6.45) is 0.484. The third kappa shape index (κ3) is 2.41. The number of hydrogen-bond donors (Lipinski definition) is 2. The first-order valence-electron chi connectivity index (χ1n) is 7.09. The summed E-state index contributed by atoms with van der Waals surface area (Å²) in [7, 11) is 1.58. The van der Waals surface area contributed by atoms with E-state index in [1.807, 2.05) is 37.3 Å². The Morgan fingerprint density at radius 3 is 2.82 bits per heavy atom. The molecule has 3 rings (SSSR count). The van der Waals surface area contributed by atoms with E-state index in [0.717, 1.165) is 22.4 Å². The fraction of sp³-hybridized carbons (Fsp3) is 0.176. The summed E-state index contributed by atoms with van der Waals surface area (Å²) in [5.41, 5.74) is 9.63. The van der Waals surface area contributed by atoms with Crippen molar-refractivity contribution in [2.24, 2.45) is 0 Å². The first kappa shape index (κ1) is 14.1. The Morgan fingerprint density at radius 2 is 2.09 bits per heavy atom. The van der Waals surface area contributed by atoms with E-state index in [-0.39, 0.29) is 5.78 Å². The minimum absolute atomic E-state index is 0.112. The quantitative estimate of drug-likeness (QED) is 0.571. The average Bonchev–Trinajstić information content (AvgIpc) is 2.97. The molecule has 0 amide bonds. The van der Waals surface area contributed by atoms with Crippen molar-refractivity contribution in [1.82, 2.24) is 9.97 Å². The van der Waals surface area contributed by atoms with Crippen LogP contribution in [0.1, 0.15) is 23.7 Å². The summed E-state index contributed by atoms with van der Waals surface area (Å²) in [6.45, 7) is 1.85. The zero-order valence-corrected chi connectivity index (χ0v) is 12.5.